The SMILES string of the molecule is CCOC(=O)COC1C[C@@H](C)N(C(=O)OC(C)(C)C)[C@@H](C)C1. The first-order valence-corrected chi connectivity index (χ1v) is 7.92. The summed E-state index contributed by atoms with van der Waals surface area (Å²) < 4.78 is 15.9. The minimum Gasteiger partial charge on any atom is -0.464 e. The Morgan fingerprint density at radius 2 is 1.68 bits per heavy atom. The number of amides is 1. The van der Waals surface area contributed by atoms with E-state index in [0.29, 0.717) is 19.4 Å². The number of likely N-dealkylation sites (tertiary alicyclic amines) is 1. The molecule has 0 bridgehead atoms. The minimum atomic E-state index is -0.506. The molecule has 22 heavy (non-hydrogen) atoms. The van der Waals surface area contributed by atoms with Crippen molar-refractivity contribution in [2.24, 2.45) is 0 Å². The van der Waals surface area contributed by atoms with Crippen LogP contribution in [0, 0.1) is 0 Å². The third-order valence-corrected chi connectivity index (χ3v) is 3.50. The average Bonchev–Trinajstić information content (AvgIpc) is 2.33. The van der Waals surface area contributed by atoms with Gasteiger partial charge in [0.25, 0.3) is 0 Å². The highest BCUT2D eigenvalue weighted by atomic mass is 16.6. The summed E-state index contributed by atoms with van der Waals surface area (Å²) in [4.78, 5) is 25.4. The largest absolute Gasteiger partial charge is 0.464 e. The van der Waals surface area contributed by atoms with Crippen LogP contribution in [0.15, 0.2) is 0 Å². The van der Waals surface area contributed by atoms with Crippen molar-refractivity contribution >= 4 is 12.1 Å². The molecule has 1 fully saturated rings. The van der Waals surface area contributed by atoms with Crippen LogP contribution in [-0.4, -0.2) is 54.0 Å². The van der Waals surface area contributed by atoms with Crippen molar-refractivity contribution in [2.75, 3.05) is 13.2 Å². The molecule has 1 saturated heterocycles. The molecule has 6 heteroatoms. The number of hydrogen-bond donors (Lipinski definition) is 0. The zero-order valence-corrected chi connectivity index (χ0v) is 14.5. The summed E-state index contributed by atoms with van der Waals surface area (Å²) >= 11 is 0. The van der Waals surface area contributed by atoms with Crippen LogP contribution in [0.2, 0.25) is 0 Å². The molecule has 0 spiro atoms. The predicted octanol–water partition coefficient (Wildman–Crippen LogP) is 2.74. The highest BCUT2D eigenvalue weighted by Crippen LogP contribution is 2.27. The van der Waals surface area contributed by atoms with E-state index in [1.807, 2.05) is 34.6 Å². The molecule has 1 rings (SSSR count). The number of carbonyl (C=O) groups excluding carboxylic acids is 2. The maximum atomic E-state index is 12.3. The summed E-state index contributed by atoms with van der Waals surface area (Å²) in [5.74, 6) is -0.350. The van der Waals surface area contributed by atoms with Gasteiger partial charge in [-0.25, -0.2) is 9.59 Å². The Hall–Kier alpha value is -1.30. The molecule has 0 N–H and O–H groups in total. The molecule has 1 aliphatic heterocycles. The smallest absolute Gasteiger partial charge is 0.410 e. The summed E-state index contributed by atoms with van der Waals surface area (Å²) in [6.07, 6.45) is 1.02. The number of hydrogen-bond acceptors (Lipinski definition) is 5. The van der Waals surface area contributed by atoms with Crippen molar-refractivity contribution in [1.82, 2.24) is 4.90 Å². The van der Waals surface area contributed by atoms with Gasteiger partial charge in [0, 0.05) is 12.1 Å². The zero-order chi connectivity index (χ0) is 16.9. The first-order valence-electron chi connectivity index (χ1n) is 7.92. The molecular weight excluding hydrogens is 286 g/mol. The number of piperidine rings is 1. The van der Waals surface area contributed by atoms with Crippen LogP contribution in [-0.2, 0) is 19.0 Å². The molecule has 1 aliphatic rings. The Bertz CT molecular complexity index is 378. The van der Waals surface area contributed by atoms with E-state index >= 15 is 0 Å². The van der Waals surface area contributed by atoms with Gasteiger partial charge >= 0.3 is 12.1 Å². The standard InChI is InChI=1S/C16H29NO5/c1-7-20-14(18)10-21-13-8-11(2)17(12(3)9-13)15(19)22-16(4,5)6/h11-13H,7-10H2,1-6H3/t11-,12+,13?. The fraction of sp³-hybridized carbons (Fsp3) is 0.875. The van der Waals surface area contributed by atoms with Gasteiger partial charge in [-0.3, -0.25) is 0 Å². The fourth-order valence-electron chi connectivity index (χ4n) is 2.72. The molecule has 0 aromatic rings. The Morgan fingerprint density at radius 3 is 2.14 bits per heavy atom. The minimum absolute atomic E-state index is 0.00537. The van der Waals surface area contributed by atoms with Crippen molar-refractivity contribution in [1.29, 1.82) is 0 Å². The quantitative estimate of drug-likeness (QED) is 0.746. The monoisotopic (exact) mass is 315 g/mol. The normalized spacial score (nSPS) is 25.7. The van der Waals surface area contributed by atoms with Crippen molar-refractivity contribution in [3.63, 3.8) is 0 Å². The van der Waals surface area contributed by atoms with Gasteiger partial charge in [-0.15, -0.1) is 0 Å². The molecular formula is C16H29NO5. The van der Waals surface area contributed by atoms with Crippen molar-refractivity contribution in [3.05, 3.63) is 0 Å². The van der Waals surface area contributed by atoms with Gasteiger partial charge in [0.05, 0.1) is 12.7 Å². The molecule has 0 aliphatic carbocycles. The summed E-state index contributed by atoms with van der Waals surface area (Å²) in [6.45, 7) is 11.6. The topological polar surface area (TPSA) is 65.1 Å². The summed E-state index contributed by atoms with van der Waals surface area (Å²) in [6, 6.07) is 0.0107. The van der Waals surface area contributed by atoms with E-state index in [2.05, 4.69) is 0 Å². The van der Waals surface area contributed by atoms with Crippen LogP contribution in [0.4, 0.5) is 4.79 Å². The second-order valence-corrected chi connectivity index (χ2v) is 6.80. The molecule has 1 amide bonds. The molecule has 6 nitrogen and oxygen atoms in total. The first kappa shape index (κ1) is 18.7. The van der Waals surface area contributed by atoms with Crippen LogP contribution in [0.3, 0.4) is 0 Å². The Kier molecular flexibility index (Phi) is 6.66. The third-order valence-electron chi connectivity index (χ3n) is 3.50. The van der Waals surface area contributed by atoms with Crippen LogP contribution < -0.4 is 0 Å². The average molecular weight is 315 g/mol. The van der Waals surface area contributed by atoms with Gasteiger partial charge in [0.15, 0.2) is 0 Å². The Morgan fingerprint density at radius 1 is 1.14 bits per heavy atom. The highest BCUT2D eigenvalue weighted by Gasteiger charge is 2.36. The molecule has 0 radical (unpaired) electrons. The third kappa shape index (κ3) is 5.83. The molecule has 0 aromatic heterocycles. The number of rotatable bonds is 4. The Balaban J connectivity index is 2.54. The lowest BCUT2D eigenvalue weighted by Crippen LogP contribution is -2.53. The van der Waals surface area contributed by atoms with Gasteiger partial charge in [0.1, 0.15) is 12.2 Å². The summed E-state index contributed by atoms with van der Waals surface area (Å²) in [7, 11) is 0. The van der Waals surface area contributed by atoms with Crippen molar-refractivity contribution in [2.45, 2.75) is 78.2 Å². The maximum absolute atomic E-state index is 12.3. The summed E-state index contributed by atoms with van der Waals surface area (Å²) in [5, 5.41) is 0. The second kappa shape index (κ2) is 7.81. The first-order chi connectivity index (χ1) is 10.1. The van der Waals surface area contributed by atoms with Crippen LogP contribution in [0.1, 0.15) is 54.4 Å². The predicted molar refractivity (Wildman–Crippen MR) is 82.6 cm³/mol. The van der Waals surface area contributed by atoms with Gasteiger partial charge in [-0.1, -0.05) is 0 Å². The lowest BCUT2D eigenvalue weighted by atomic mass is 9.95. The molecule has 1 unspecified atom stereocenters. The van der Waals surface area contributed by atoms with Crippen LogP contribution in [0.25, 0.3) is 0 Å². The second-order valence-electron chi connectivity index (χ2n) is 6.80. The van der Waals surface area contributed by atoms with Crippen LogP contribution >= 0.6 is 0 Å². The van der Waals surface area contributed by atoms with E-state index in [9.17, 15) is 9.59 Å². The highest BCUT2D eigenvalue weighted by molar-refractivity contribution is 5.70. The lowest BCUT2D eigenvalue weighted by Gasteiger charge is -2.42. The van der Waals surface area contributed by atoms with E-state index < -0.39 is 5.60 Å². The molecule has 0 saturated carbocycles. The van der Waals surface area contributed by atoms with Gasteiger partial charge in [-0.05, 0) is 54.4 Å². The van der Waals surface area contributed by atoms with Gasteiger partial charge in [0.2, 0.25) is 0 Å². The van der Waals surface area contributed by atoms with E-state index in [1.54, 1.807) is 11.8 Å². The number of carbonyl (C=O) groups is 2. The fourth-order valence-corrected chi connectivity index (χ4v) is 2.72. The lowest BCUT2D eigenvalue weighted by molar-refractivity contribution is -0.152. The van der Waals surface area contributed by atoms with Gasteiger partial charge in [-0.2, -0.15) is 0 Å². The number of ether oxygens (including phenoxy) is 3. The summed E-state index contributed by atoms with van der Waals surface area (Å²) in [5.41, 5.74) is -0.506. The van der Waals surface area contributed by atoms with E-state index in [1.165, 1.54) is 0 Å². The molecule has 1 heterocycles. The van der Waals surface area contributed by atoms with E-state index in [0.717, 1.165) is 0 Å². The van der Waals surface area contributed by atoms with Crippen molar-refractivity contribution < 1.29 is 23.8 Å². The van der Waals surface area contributed by atoms with Crippen molar-refractivity contribution in [3.8, 4) is 0 Å². The molecule has 3 atom stereocenters. The zero-order valence-electron chi connectivity index (χ0n) is 14.5. The number of esters is 1. The maximum Gasteiger partial charge on any atom is 0.410 e. The molecule has 128 valence electrons. The van der Waals surface area contributed by atoms with E-state index in [4.69, 9.17) is 14.2 Å². The number of nitrogens with zero attached hydrogens (tertiary/aromatic N) is 1. The van der Waals surface area contributed by atoms with Crippen LogP contribution in [0.5, 0.6) is 0 Å². The van der Waals surface area contributed by atoms with Gasteiger partial charge < -0.3 is 19.1 Å². The molecule has 0 aromatic carbocycles. The van der Waals surface area contributed by atoms with E-state index in [-0.39, 0.29) is 36.9 Å². The Labute approximate surface area is 133 Å².